The lowest BCUT2D eigenvalue weighted by atomic mass is 10.2. The lowest BCUT2D eigenvalue weighted by Crippen LogP contribution is -2.39. The topological polar surface area (TPSA) is 87.6 Å². The number of hydrogen-bond donors (Lipinski definition) is 1. The molecule has 1 fully saturated rings. The van der Waals surface area contributed by atoms with Gasteiger partial charge in [0.2, 0.25) is 0 Å². The normalized spacial score (nSPS) is 16.2. The van der Waals surface area contributed by atoms with Crippen molar-refractivity contribution < 1.29 is 18.3 Å². The maximum atomic E-state index is 11.8. The van der Waals surface area contributed by atoms with Gasteiger partial charge in [0.25, 0.3) is 0 Å². The number of aliphatic carboxylic acids is 1. The van der Waals surface area contributed by atoms with Gasteiger partial charge in [-0.15, -0.1) is 0 Å². The third-order valence-electron chi connectivity index (χ3n) is 3.49. The van der Waals surface area contributed by atoms with Gasteiger partial charge >= 0.3 is 5.97 Å². The van der Waals surface area contributed by atoms with E-state index < -0.39 is 15.8 Å². The summed E-state index contributed by atoms with van der Waals surface area (Å²) in [4.78, 5) is 16.9. The summed E-state index contributed by atoms with van der Waals surface area (Å²) in [7, 11) is -3.44. The summed E-state index contributed by atoms with van der Waals surface area (Å²) in [6.07, 6.45) is 6.40. The van der Waals surface area contributed by atoms with Crippen molar-refractivity contribution in [2.75, 3.05) is 17.7 Å². The van der Waals surface area contributed by atoms with Gasteiger partial charge in [-0.2, -0.15) is 0 Å². The number of hydrogen-bond acceptors (Lipinski definition) is 5. The van der Waals surface area contributed by atoms with Crippen LogP contribution >= 0.6 is 0 Å². The molecule has 1 heterocycles. The van der Waals surface area contributed by atoms with Crippen LogP contribution in [0.2, 0.25) is 0 Å². The molecule has 0 amide bonds. The highest BCUT2D eigenvalue weighted by Gasteiger charge is 2.29. The molecule has 7 heteroatoms. The average molecular weight is 298 g/mol. The Bertz CT molecular complexity index is 594. The molecule has 1 aliphatic carbocycles. The molecule has 1 N–H and O–H groups in total. The van der Waals surface area contributed by atoms with Gasteiger partial charge < -0.3 is 10.0 Å². The fraction of sp³-hybridized carbons (Fsp3) is 0.538. The summed E-state index contributed by atoms with van der Waals surface area (Å²) < 4.78 is 23.7. The van der Waals surface area contributed by atoms with Gasteiger partial charge in [-0.1, -0.05) is 12.8 Å². The minimum Gasteiger partial charge on any atom is -0.480 e. The SMILES string of the molecule is CS(=O)(=O)c1cccnc1N(CC(=O)O)C1CCCC1. The Kier molecular flexibility index (Phi) is 4.27. The largest absolute Gasteiger partial charge is 0.480 e. The van der Waals surface area contributed by atoms with Crippen LogP contribution in [0.3, 0.4) is 0 Å². The third kappa shape index (κ3) is 3.27. The van der Waals surface area contributed by atoms with Gasteiger partial charge in [0.1, 0.15) is 17.3 Å². The predicted molar refractivity (Wildman–Crippen MR) is 74.6 cm³/mol. The van der Waals surface area contributed by atoms with E-state index in [1.807, 2.05) is 0 Å². The number of nitrogens with zero attached hydrogens (tertiary/aromatic N) is 2. The Balaban J connectivity index is 2.45. The molecule has 0 atom stereocenters. The van der Waals surface area contributed by atoms with Crippen LogP contribution in [0.25, 0.3) is 0 Å². The van der Waals surface area contributed by atoms with Crippen molar-refractivity contribution in [3.8, 4) is 0 Å². The van der Waals surface area contributed by atoms with Crippen LogP contribution in [0.1, 0.15) is 25.7 Å². The second kappa shape index (κ2) is 5.78. The second-order valence-electron chi connectivity index (χ2n) is 5.06. The maximum Gasteiger partial charge on any atom is 0.323 e. The number of sulfone groups is 1. The highest BCUT2D eigenvalue weighted by atomic mass is 32.2. The first-order valence-corrected chi connectivity index (χ1v) is 8.42. The molecule has 0 radical (unpaired) electrons. The maximum absolute atomic E-state index is 11.8. The second-order valence-corrected chi connectivity index (χ2v) is 7.04. The van der Waals surface area contributed by atoms with Crippen LogP contribution in [0.4, 0.5) is 5.82 Å². The average Bonchev–Trinajstić information content (AvgIpc) is 2.88. The third-order valence-corrected chi connectivity index (χ3v) is 4.61. The highest BCUT2D eigenvalue weighted by molar-refractivity contribution is 7.90. The molecular weight excluding hydrogens is 280 g/mol. The highest BCUT2D eigenvalue weighted by Crippen LogP contribution is 2.30. The smallest absolute Gasteiger partial charge is 0.323 e. The van der Waals surface area contributed by atoms with E-state index in [2.05, 4.69) is 4.98 Å². The Morgan fingerprint density at radius 3 is 2.65 bits per heavy atom. The Morgan fingerprint density at radius 1 is 1.45 bits per heavy atom. The fourth-order valence-corrected chi connectivity index (χ4v) is 3.45. The first kappa shape index (κ1) is 14.8. The molecule has 2 rings (SSSR count). The van der Waals surface area contributed by atoms with Crippen molar-refractivity contribution in [2.24, 2.45) is 0 Å². The van der Waals surface area contributed by atoms with Gasteiger partial charge in [0.05, 0.1) is 0 Å². The van der Waals surface area contributed by atoms with Crippen LogP contribution < -0.4 is 4.90 Å². The molecular formula is C13H18N2O4S. The molecule has 0 aromatic carbocycles. The lowest BCUT2D eigenvalue weighted by molar-refractivity contribution is -0.135. The number of anilines is 1. The Labute approximate surface area is 118 Å². The quantitative estimate of drug-likeness (QED) is 0.882. The summed E-state index contributed by atoms with van der Waals surface area (Å²) in [6.45, 7) is -0.232. The van der Waals surface area contributed by atoms with E-state index in [1.54, 1.807) is 11.0 Å². The summed E-state index contributed by atoms with van der Waals surface area (Å²) in [5.41, 5.74) is 0. The van der Waals surface area contributed by atoms with Crippen LogP contribution in [0.5, 0.6) is 0 Å². The Morgan fingerprint density at radius 2 is 2.10 bits per heavy atom. The molecule has 0 aliphatic heterocycles. The Hall–Kier alpha value is -1.63. The summed E-state index contributed by atoms with van der Waals surface area (Å²) >= 11 is 0. The van der Waals surface area contributed by atoms with Gasteiger partial charge in [-0.05, 0) is 25.0 Å². The first-order valence-electron chi connectivity index (χ1n) is 6.53. The van der Waals surface area contributed by atoms with Crippen molar-refractivity contribution in [1.29, 1.82) is 0 Å². The molecule has 110 valence electrons. The molecule has 1 aromatic rings. The van der Waals surface area contributed by atoms with Gasteiger partial charge in [0, 0.05) is 18.5 Å². The number of carboxylic acids is 1. The van der Waals surface area contributed by atoms with E-state index in [1.165, 1.54) is 12.3 Å². The van der Waals surface area contributed by atoms with Crippen molar-refractivity contribution in [2.45, 2.75) is 36.6 Å². The van der Waals surface area contributed by atoms with E-state index >= 15 is 0 Å². The first-order chi connectivity index (χ1) is 9.39. The van der Waals surface area contributed by atoms with Gasteiger partial charge in [-0.3, -0.25) is 4.79 Å². The zero-order valence-corrected chi connectivity index (χ0v) is 12.1. The molecule has 0 bridgehead atoms. The zero-order valence-electron chi connectivity index (χ0n) is 11.3. The molecule has 0 spiro atoms. The van der Waals surface area contributed by atoms with Crippen molar-refractivity contribution in [3.05, 3.63) is 18.3 Å². The molecule has 1 aromatic heterocycles. The van der Waals surface area contributed by atoms with Crippen molar-refractivity contribution >= 4 is 21.6 Å². The van der Waals surface area contributed by atoms with E-state index in [4.69, 9.17) is 5.11 Å². The van der Waals surface area contributed by atoms with Crippen molar-refractivity contribution in [1.82, 2.24) is 4.98 Å². The van der Waals surface area contributed by atoms with Gasteiger partial charge in [-0.25, -0.2) is 13.4 Å². The molecule has 0 saturated heterocycles. The molecule has 0 unspecified atom stereocenters. The zero-order chi connectivity index (χ0) is 14.8. The molecule has 6 nitrogen and oxygen atoms in total. The summed E-state index contributed by atoms with van der Waals surface area (Å²) in [5, 5.41) is 9.08. The molecule has 1 aliphatic rings. The number of rotatable bonds is 5. The number of pyridine rings is 1. The standard InChI is InChI=1S/C13H18N2O4S/c1-20(18,19)11-7-4-8-14-13(11)15(9-12(16)17)10-5-2-3-6-10/h4,7-8,10H,2-3,5-6,9H2,1H3,(H,16,17). The number of carbonyl (C=O) groups is 1. The van der Waals surface area contributed by atoms with E-state index in [-0.39, 0.29) is 23.3 Å². The van der Waals surface area contributed by atoms with Gasteiger partial charge in [0.15, 0.2) is 9.84 Å². The number of aromatic nitrogens is 1. The minimum absolute atomic E-state index is 0.0431. The summed E-state index contributed by atoms with van der Waals surface area (Å²) in [6, 6.07) is 3.07. The van der Waals surface area contributed by atoms with Crippen LogP contribution in [0.15, 0.2) is 23.2 Å². The van der Waals surface area contributed by atoms with Crippen LogP contribution in [-0.2, 0) is 14.6 Å². The van der Waals surface area contributed by atoms with E-state index in [9.17, 15) is 13.2 Å². The monoisotopic (exact) mass is 298 g/mol. The molecule has 1 saturated carbocycles. The van der Waals surface area contributed by atoms with Crippen LogP contribution in [-0.4, -0.2) is 43.3 Å². The fourth-order valence-electron chi connectivity index (χ4n) is 2.63. The lowest BCUT2D eigenvalue weighted by Gasteiger charge is -2.29. The summed E-state index contributed by atoms with van der Waals surface area (Å²) in [5.74, 6) is -0.730. The van der Waals surface area contributed by atoms with E-state index in [0.717, 1.165) is 31.9 Å². The number of carboxylic acid groups (broad SMARTS) is 1. The molecule has 20 heavy (non-hydrogen) atoms. The van der Waals surface area contributed by atoms with Crippen LogP contribution in [0, 0.1) is 0 Å². The minimum atomic E-state index is -3.44. The van der Waals surface area contributed by atoms with E-state index in [0.29, 0.717) is 0 Å². The predicted octanol–water partition coefficient (Wildman–Crippen LogP) is 1.32. The van der Waals surface area contributed by atoms with Crippen molar-refractivity contribution in [3.63, 3.8) is 0 Å².